The second-order valence-electron chi connectivity index (χ2n) is 3.54. The Labute approximate surface area is 82.2 Å². The van der Waals surface area contributed by atoms with Crippen molar-refractivity contribution in [1.82, 2.24) is 9.55 Å². The molecule has 1 aromatic carbocycles. The molecule has 0 N–H and O–H groups in total. The van der Waals surface area contributed by atoms with Gasteiger partial charge in [0.25, 0.3) is 0 Å². The van der Waals surface area contributed by atoms with Gasteiger partial charge in [0.15, 0.2) is 0 Å². The van der Waals surface area contributed by atoms with Gasteiger partial charge in [-0.05, 0) is 12.1 Å². The first kappa shape index (κ1) is 7.56. The molecule has 1 aromatic rings. The van der Waals surface area contributed by atoms with Crippen molar-refractivity contribution < 1.29 is 0 Å². The molecule has 2 heteroatoms. The smallest absolute Gasteiger partial charge is 0.0745 e. The van der Waals surface area contributed by atoms with Crippen molar-refractivity contribution in [2.45, 2.75) is 0 Å². The van der Waals surface area contributed by atoms with Crippen molar-refractivity contribution in [2.24, 2.45) is 7.05 Å². The van der Waals surface area contributed by atoms with E-state index in [0.29, 0.717) is 0 Å². The van der Waals surface area contributed by atoms with Crippen LogP contribution in [0.3, 0.4) is 0 Å². The predicted octanol–water partition coefficient (Wildman–Crippen LogP) is 2.68. The van der Waals surface area contributed by atoms with E-state index in [9.17, 15) is 0 Å². The Bertz CT molecular complexity index is 566. The fraction of sp³-hybridized carbons (Fsp3) is 0.0833. The van der Waals surface area contributed by atoms with Crippen molar-refractivity contribution in [3.05, 3.63) is 42.7 Å². The third-order valence-corrected chi connectivity index (χ3v) is 2.51. The molecule has 0 saturated carbocycles. The van der Waals surface area contributed by atoms with Crippen LogP contribution in [0.25, 0.3) is 22.2 Å². The summed E-state index contributed by atoms with van der Waals surface area (Å²) in [5, 5.41) is 1.23. The van der Waals surface area contributed by atoms with Gasteiger partial charge in [-0.3, -0.25) is 0 Å². The minimum atomic E-state index is 1.07. The molecule has 0 radical (unpaired) electrons. The molecule has 0 saturated heterocycles. The van der Waals surface area contributed by atoms with Gasteiger partial charge in [-0.1, -0.05) is 18.2 Å². The lowest BCUT2D eigenvalue weighted by atomic mass is 10.1. The number of nitrogens with zero attached hydrogens (tertiary/aromatic N) is 2. The highest BCUT2D eigenvalue weighted by atomic mass is 14.9. The van der Waals surface area contributed by atoms with E-state index < -0.39 is 0 Å². The van der Waals surface area contributed by atoms with Crippen LogP contribution in [0.15, 0.2) is 42.7 Å². The summed E-state index contributed by atoms with van der Waals surface area (Å²) in [6.45, 7) is 0. The summed E-state index contributed by atoms with van der Waals surface area (Å²) in [5.41, 5.74) is 3.38. The van der Waals surface area contributed by atoms with E-state index >= 15 is 0 Å². The summed E-state index contributed by atoms with van der Waals surface area (Å²) < 4.78 is 2.05. The Hall–Kier alpha value is -1.83. The Morgan fingerprint density at radius 1 is 1.14 bits per heavy atom. The van der Waals surface area contributed by atoms with E-state index in [4.69, 9.17) is 0 Å². The van der Waals surface area contributed by atoms with Gasteiger partial charge in [0, 0.05) is 30.4 Å². The summed E-state index contributed by atoms with van der Waals surface area (Å²) in [7, 11) is 2.03. The number of fused-ring (bicyclic) bond motifs is 3. The summed E-state index contributed by atoms with van der Waals surface area (Å²) in [6.07, 6.45) is 4.14. The van der Waals surface area contributed by atoms with Gasteiger partial charge in [0.2, 0.25) is 0 Å². The van der Waals surface area contributed by atoms with Crippen molar-refractivity contribution in [1.29, 1.82) is 0 Å². The third kappa shape index (κ3) is 0.940. The molecule has 0 amide bonds. The van der Waals surface area contributed by atoms with E-state index in [-0.39, 0.29) is 0 Å². The lowest BCUT2D eigenvalue weighted by Gasteiger charge is -2.01. The number of pyridine rings is 1. The summed E-state index contributed by atoms with van der Waals surface area (Å²) in [4.78, 5) is 4.54. The molecule has 0 aromatic heterocycles. The van der Waals surface area contributed by atoms with Gasteiger partial charge in [0.05, 0.1) is 11.2 Å². The first-order valence-corrected chi connectivity index (χ1v) is 4.65. The molecular formula is C12H10N2. The number of aromatic nitrogens is 2. The quantitative estimate of drug-likeness (QED) is 0.522. The number of hydrogen-bond donors (Lipinski definition) is 0. The first-order chi connectivity index (χ1) is 6.84. The fourth-order valence-corrected chi connectivity index (χ4v) is 1.82. The second kappa shape index (κ2) is 2.58. The highest BCUT2D eigenvalue weighted by Gasteiger charge is 2.09. The van der Waals surface area contributed by atoms with Crippen molar-refractivity contribution >= 4 is 10.9 Å². The van der Waals surface area contributed by atoms with Crippen LogP contribution in [0, 0.1) is 0 Å². The van der Waals surface area contributed by atoms with E-state index in [0.717, 1.165) is 11.2 Å². The number of para-hydroxylation sites is 1. The van der Waals surface area contributed by atoms with Crippen LogP contribution in [0.2, 0.25) is 0 Å². The van der Waals surface area contributed by atoms with Gasteiger partial charge < -0.3 is 4.57 Å². The van der Waals surface area contributed by atoms with Crippen LogP contribution in [-0.2, 0) is 7.05 Å². The van der Waals surface area contributed by atoms with Crippen molar-refractivity contribution in [3.63, 3.8) is 0 Å². The second-order valence-corrected chi connectivity index (χ2v) is 3.54. The van der Waals surface area contributed by atoms with Crippen molar-refractivity contribution in [3.8, 4) is 11.3 Å². The molecule has 3 rings (SSSR count). The summed E-state index contributed by atoms with van der Waals surface area (Å²) in [6, 6.07) is 10.3. The molecule has 2 aliphatic rings. The molecule has 0 atom stereocenters. The average Bonchev–Trinajstić information content (AvgIpc) is 2.56. The molecule has 2 heterocycles. The summed E-state index contributed by atoms with van der Waals surface area (Å²) in [5.74, 6) is 0. The van der Waals surface area contributed by atoms with Crippen LogP contribution in [0.5, 0.6) is 0 Å². The van der Waals surface area contributed by atoms with Crippen LogP contribution in [0.1, 0.15) is 0 Å². The molecular weight excluding hydrogens is 172 g/mol. The minimum absolute atomic E-state index is 1.07. The zero-order chi connectivity index (χ0) is 9.54. The highest BCUT2D eigenvalue weighted by molar-refractivity contribution is 5.96. The Morgan fingerprint density at radius 3 is 2.93 bits per heavy atom. The van der Waals surface area contributed by atoms with Crippen LogP contribution >= 0.6 is 0 Å². The molecule has 2 aliphatic heterocycles. The average molecular weight is 182 g/mol. The Balaban J connectivity index is 2.52. The van der Waals surface area contributed by atoms with E-state index in [1.807, 2.05) is 19.3 Å². The molecule has 68 valence electrons. The van der Waals surface area contributed by atoms with Crippen molar-refractivity contribution in [2.75, 3.05) is 0 Å². The fourth-order valence-electron chi connectivity index (χ4n) is 1.82. The van der Waals surface area contributed by atoms with Gasteiger partial charge in [-0.25, -0.2) is 4.98 Å². The van der Waals surface area contributed by atoms with E-state index in [2.05, 4.69) is 40.0 Å². The van der Waals surface area contributed by atoms with Crippen LogP contribution in [0.4, 0.5) is 0 Å². The maximum absolute atomic E-state index is 4.54. The van der Waals surface area contributed by atoms with E-state index in [1.54, 1.807) is 0 Å². The maximum atomic E-state index is 4.54. The first-order valence-electron chi connectivity index (χ1n) is 4.65. The zero-order valence-electron chi connectivity index (χ0n) is 7.94. The van der Waals surface area contributed by atoms with Gasteiger partial charge in [-0.2, -0.15) is 0 Å². The molecule has 0 bridgehead atoms. The molecule has 0 unspecified atom stereocenters. The zero-order valence-corrected chi connectivity index (χ0v) is 7.94. The normalized spacial score (nSPS) is 11.2. The Morgan fingerprint density at radius 2 is 2.00 bits per heavy atom. The molecule has 0 spiro atoms. The SMILES string of the molecule is Cn1ccc2nc3ccccc3c-2c1. The highest BCUT2D eigenvalue weighted by Crippen LogP contribution is 2.29. The minimum Gasteiger partial charge on any atom is -0.356 e. The topological polar surface area (TPSA) is 17.8 Å². The van der Waals surface area contributed by atoms with E-state index in [1.165, 1.54) is 10.9 Å². The lowest BCUT2D eigenvalue weighted by molar-refractivity contribution is 0.905. The summed E-state index contributed by atoms with van der Waals surface area (Å²) >= 11 is 0. The lowest BCUT2D eigenvalue weighted by Crippen LogP contribution is -1.89. The van der Waals surface area contributed by atoms with Gasteiger partial charge in [-0.15, -0.1) is 0 Å². The Kier molecular flexibility index (Phi) is 1.39. The molecule has 14 heavy (non-hydrogen) atoms. The van der Waals surface area contributed by atoms with Crippen LogP contribution < -0.4 is 0 Å². The largest absolute Gasteiger partial charge is 0.356 e. The third-order valence-electron chi connectivity index (χ3n) is 2.51. The maximum Gasteiger partial charge on any atom is 0.0745 e. The molecule has 0 aliphatic carbocycles. The van der Waals surface area contributed by atoms with Crippen LogP contribution in [-0.4, -0.2) is 9.55 Å². The number of rotatable bonds is 0. The monoisotopic (exact) mass is 182 g/mol. The van der Waals surface area contributed by atoms with Gasteiger partial charge in [0.1, 0.15) is 0 Å². The standard InChI is InChI=1S/C12H10N2/c1-14-7-6-12-10(8-14)9-4-2-3-5-11(9)13-12/h2-8H,1H3. The number of benzene rings is 1. The van der Waals surface area contributed by atoms with Gasteiger partial charge >= 0.3 is 0 Å². The molecule has 0 fully saturated rings. The predicted molar refractivity (Wildman–Crippen MR) is 57.3 cm³/mol. The number of hydrogen-bond acceptors (Lipinski definition) is 1. The molecule has 2 nitrogen and oxygen atoms in total. The number of aryl methyl sites for hydroxylation is 1.